The van der Waals surface area contributed by atoms with Crippen molar-refractivity contribution in [3.63, 3.8) is 0 Å². The zero-order valence-electron chi connectivity index (χ0n) is 31.3. The standard InChI is InChI=1S/C54H34N2OS/c1-3-13-35(14-4-1)36-23-26-39(27-24-36)55(38-15-5-2-6-16-38)40-28-30-41(31-29-40)56-46-20-10-7-18-43(46)53-47(56)34-49-54(44-19-8-11-21-48(44)57-49)52(53)37-25-32-51-45(33-37)42-17-9-12-22-50(42)58-51/h1-34H. The summed E-state index contributed by atoms with van der Waals surface area (Å²) >= 11 is 1.85. The molecule has 9 aromatic carbocycles. The maximum atomic E-state index is 6.72. The predicted octanol–water partition coefficient (Wildman–Crippen LogP) is 15.9. The van der Waals surface area contributed by atoms with Crippen molar-refractivity contribution in [2.75, 3.05) is 4.90 Å². The third-order valence-corrected chi connectivity index (χ3v) is 12.7. The number of aromatic nitrogens is 1. The van der Waals surface area contributed by atoms with Crippen LogP contribution in [-0.2, 0) is 0 Å². The Bertz CT molecular complexity index is 3490. The summed E-state index contributed by atoms with van der Waals surface area (Å²) in [6, 6.07) is 74.2. The van der Waals surface area contributed by atoms with Crippen molar-refractivity contribution in [1.82, 2.24) is 4.57 Å². The van der Waals surface area contributed by atoms with Crippen LogP contribution >= 0.6 is 11.3 Å². The number of nitrogens with zero attached hydrogens (tertiary/aromatic N) is 2. The van der Waals surface area contributed by atoms with Gasteiger partial charge in [0.1, 0.15) is 11.2 Å². The number of furan rings is 1. The number of fused-ring (bicyclic) bond motifs is 9. The number of thiophene rings is 1. The van der Waals surface area contributed by atoms with Crippen LogP contribution in [0.1, 0.15) is 0 Å². The van der Waals surface area contributed by atoms with Gasteiger partial charge >= 0.3 is 0 Å². The SMILES string of the molecule is c1ccc(-c2ccc(N(c3ccccc3)c3ccc(-n4c5ccccc5c5c(-c6ccc7sc8ccccc8c7c6)c6c(cc54)oc4ccccc46)cc3)cc2)cc1. The van der Waals surface area contributed by atoms with Gasteiger partial charge in [-0.15, -0.1) is 11.3 Å². The van der Waals surface area contributed by atoms with Gasteiger partial charge in [0.15, 0.2) is 0 Å². The molecule has 3 nitrogen and oxygen atoms in total. The zero-order chi connectivity index (χ0) is 38.2. The van der Waals surface area contributed by atoms with Crippen molar-refractivity contribution in [3.8, 4) is 27.9 Å². The van der Waals surface area contributed by atoms with Gasteiger partial charge in [0.2, 0.25) is 0 Å². The van der Waals surface area contributed by atoms with Crippen LogP contribution in [0, 0.1) is 0 Å². The smallest absolute Gasteiger partial charge is 0.138 e. The molecule has 0 N–H and O–H groups in total. The van der Waals surface area contributed by atoms with Crippen molar-refractivity contribution in [2.45, 2.75) is 0 Å². The molecule has 0 aliphatic rings. The molecule has 0 aliphatic heterocycles. The normalized spacial score (nSPS) is 11.8. The summed E-state index contributed by atoms with van der Waals surface area (Å²) in [6.07, 6.45) is 0. The van der Waals surface area contributed by atoms with Crippen LogP contribution in [0.15, 0.2) is 211 Å². The van der Waals surface area contributed by atoms with Crippen LogP contribution in [0.5, 0.6) is 0 Å². The highest BCUT2D eigenvalue weighted by Crippen LogP contribution is 2.48. The number of hydrogen-bond donors (Lipinski definition) is 0. The lowest BCUT2D eigenvalue weighted by Gasteiger charge is -2.26. The van der Waals surface area contributed by atoms with E-state index < -0.39 is 0 Å². The van der Waals surface area contributed by atoms with E-state index in [-0.39, 0.29) is 0 Å². The molecule has 0 saturated heterocycles. The maximum Gasteiger partial charge on any atom is 0.138 e. The van der Waals surface area contributed by atoms with Crippen molar-refractivity contribution in [1.29, 1.82) is 0 Å². The number of anilines is 3. The third-order valence-electron chi connectivity index (χ3n) is 11.6. The van der Waals surface area contributed by atoms with Gasteiger partial charge in [0.25, 0.3) is 0 Å². The van der Waals surface area contributed by atoms with Crippen molar-refractivity contribution in [3.05, 3.63) is 206 Å². The fourth-order valence-electron chi connectivity index (χ4n) is 8.99. The number of benzene rings is 9. The second kappa shape index (κ2) is 13.1. The summed E-state index contributed by atoms with van der Waals surface area (Å²) in [7, 11) is 0. The molecule has 0 atom stereocenters. The molecule has 58 heavy (non-hydrogen) atoms. The highest BCUT2D eigenvalue weighted by atomic mass is 32.1. The van der Waals surface area contributed by atoms with Gasteiger partial charge in [-0.05, 0) is 95.6 Å². The van der Waals surface area contributed by atoms with E-state index in [2.05, 4.69) is 216 Å². The van der Waals surface area contributed by atoms with Gasteiger partial charge in [-0.2, -0.15) is 0 Å². The number of rotatable bonds is 6. The Morgan fingerprint density at radius 3 is 1.76 bits per heavy atom. The first-order valence-electron chi connectivity index (χ1n) is 19.7. The van der Waals surface area contributed by atoms with E-state index in [0.29, 0.717) is 0 Å². The Morgan fingerprint density at radius 1 is 0.379 bits per heavy atom. The molecule has 0 fully saturated rings. The number of hydrogen-bond acceptors (Lipinski definition) is 3. The van der Waals surface area contributed by atoms with E-state index in [4.69, 9.17) is 4.42 Å². The average Bonchev–Trinajstić information content (AvgIpc) is 3.96. The summed E-state index contributed by atoms with van der Waals surface area (Å²) in [4.78, 5) is 2.32. The van der Waals surface area contributed by atoms with Crippen molar-refractivity contribution in [2.24, 2.45) is 0 Å². The lowest BCUT2D eigenvalue weighted by atomic mass is 9.93. The van der Waals surface area contributed by atoms with E-state index in [1.165, 1.54) is 53.2 Å². The van der Waals surface area contributed by atoms with Gasteiger partial charge in [0, 0.05) is 76.1 Å². The zero-order valence-corrected chi connectivity index (χ0v) is 32.2. The highest BCUT2D eigenvalue weighted by Gasteiger charge is 2.23. The molecule has 0 saturated carbocycles. The van der Waals surface area contributed by atoms with Crippen molar-refractivity contribution < 1.29 is 4.42 Å². The first-order chi connectivity index (χ1) is 28.8. The van der Waals surface area contributed by atoms with Crippen LogP contribution in [0.25, 0.3) is 91.9 Å². The quantitative estimate of drug-likeness (QED) is 0.168. The molecule has 272 valence electrons. The Balaban J connectivity index is 1.07. The summed E-state index contributed by atoms with van der Waals surface area (Å²) in [6.45, 7) is 0. The topological polar surface area (TPSA) is 21.3 Å². The third kappa shape index (κ3) is 5.12. The molecule has 4 heteroatoms. The van der Waals surface area contributed by atoms with Gasteiger partial charge in [0.05, 0.1) is 11.0 Å². The highest BCUT2D eigenvalue weighted by molar-refractivity contribution is 7.25. The number of para-hydroxylation sites is 3. The van der Waals surface area contributed by atoms with Crippen LogP contribution in [0.2, 0.25) is 0 Å². The van der Waals surface area contributed by atoms with Crippen LogP contribution in [0.3, 0.4) is 0 Å². The van der Waals surface area contributed by atoms with Gasteiger partial charge in [-0.1, -0.05) is 121 Å². The second-order valence-electron chi connectivity index (χ2n) is 14.9. The molecular weight excluding hydrogens is 725 g/mol. The largest absolute Gasteiger partial charge is 0.456 e. The molecule has 12 rings (SSSR count). The van der Waals surface area contributed by atoms with Crippen LogP contribution < -0.4 is 4.90 Å². The Hall–Kier alpha value is -7.40. The van der Waals surface area contributed by atoms with Gasteiger partial charge < -0.3 is 13.9 Å². The summed E-state index contributed by atoms with van der Waals surface area (Å²) in [5.74, 6) is 0. The molecular formula is C54H34N2OS. The molecule has 0 radical (unpaired) electrons. The molecule has 3 aromatic heterocycles. The minimum Gasteiger partial charge on any atom is -0.456 e. The Labute approximate surface area is 338 Å². The maximum absolute atomic E-state index is 6.72. The molecule has 0 amide bonds. The van der Waals surface area contributed by atoms with E-state index in [0.717, 1.165) is 55.7 Å². The molecule has 0 bridgehead atoms. The lowest BCUT2D eigenvalue weighted by Crippen LogP contribution is -2.10. The second-order valence-corrected chi connectivity index (χ2v) is 16.0. The fraction of sp³-hybridized carbons (Fsp3) is 0. The first kappa shape index (κ1) is 32.8. The summed E-state index contributed by atoms with van der Waals surface area (Å²) in [5.41, 5.74) is 13.2. The monoisotopic (exact) mass is 758 g/mol. The predicted molar refractivity (Wildman–Crippen MR) is 247 cm³/mol. The Morgan fingerprint density at radius 2 is 0.966 bits per heavy atom. The molecule has 12 aromatic rings. The average molecular weight is 759 g/mol. The van der Waals surface area contributed by atoms with Gasteiger partial charge in [-0.25, -0.2) is 0 Å². The first-order valence-corrected chi connectivity index (χ1v) is 20.5. The summed E-state index contributed by atoms with van der Waals surface area (Å²) in [5, 5.41) is 7.29. The minimum absolute atomic E-state index is 0.883. The van der Waals surface area contributed by atoms with E-state index in [9.17, 15) is 0 Å². The lowest BCUT2D eigenvalue weighted by molar-refractivity contribution is 0.669. The van der Waals surface area contributed by atoms with E-state index in [1.54, 1.807) is 0 Å². The Kier molecular flexibility index (Phi) is 7.40. The molecule has 3 heterocycles. The molecule has 0 spiro atoms. The van der Waals surface area contributed by atoms with Gasteiger partial charge in [-0.3, -0.25) is 0 Å². The van der Waals surface area contributed by atoms with Crippen LogP contribution in [-0.4, -0.2) is 4.57 Å². The van der Waals surface area contributed by atoms with E-state index >= 15 is 0 Å². The van der Waals surface area contributed by atoms with Crippen molar-refractivity contribution >= 4 is 92.3 Å². The minimum atomic E-state index is 0.883. The van der Waals surface area contributed by atoms with E-state index in [1.807, 2.05) is 11.3 Å². The molecule has 0 unspecified atom stereocenters. The fourth-order valence-corrected chi connectivity index (χ4v) is 10.1. The summed E-state index contributed by atoms with van der Waals surface area (Å²) < 4.78 is 11.7. The molecule has 0 aliphatic carbocycles. The van der Waals surface area contributed by atoms with Crippen LogP contribution in [0.4, 0.5) is 17.1 Å².